The summed E-state index contributed by atoms with van der Waals surface area (Å²) in [6.45, 7) is 0. The van der Waals surface area contributed by atoms with Gasteiger partial charge in [0.2, 0.25) is 5.91 Å². The summed E-state index contributed by atoms with van der Waals surface area (Å²) in [6.07, 6.45) is -0.0467. The number of phenols is 1. The Bertz CT molecular complexity index is 1350. The minimum absolute atomic E-state index is 0.0947. The van der Waals surface area contributed by atoms with Gasteiger partial charge >= 0.3 is 0 Å². The van der Waals surface area contributed by atoms with E-state index in [4.69, 9.17) is 0 Å². The maximum Gasteiger partial charge on any atom is 0.233 e. The van der Waals surface area contributed by atoms with Gasteiger partial charge < -0.3 is 15.1 Å². The van der Waals surface area contributed by atoms with Crippen LogP contribution in [0, 0.1) is 17.6 Å². The van der Waals surface area contributed by atoms with Crippen LogP contribution in [0.1, 0.15) is 36.1 Å². The quantitative estimate of drug-likeness (QED) is 0.292. The average Bonchev–Trinajstić information content (AvgIpc) is 2.89. The van der Waals surface area contributed by atoms with Crippen molar-refractivity contribution in [2.45, 2.75) is 25.0 Å². The van der Waals surface area contributed by atoms with E-state index in [1.54, 1.807) is 41.3 Å². The Balaban J connectivity index is 1.40. The molecule has 0 aliphatic carbocycles. The van der Waals surface area contributed by atoms with Crippen molar-refractivity contribution in [3.8, 4) is 16.9 Å². The highest BCUT2D eigenvalue weighted by Crippen LogP contribution is 2.46. The Morgan fingerprint density at radius 2 is 1.42 bits per heavy atom. The lowest BCUT2D eigenvalue weighted by atomic mass is 9.78. The second kappa shape index (κ2) is 9.91. The molecule has 4 aromatic carbocycles. The molecule has 1 amide bonds. The molecule has 2 N–H and O–H groups in total. The van der Waals surface area contributed by atoms with Crippen LogP contribution in [0.15, 0.2) is 97.1 Å². The van der Waals surface area contributed by atoms with Gasteiger partial charge in [-0.3, -0.25) is 4.79 Å². The Morgan fingerprint density at radius 3 is 2.06 bits per heavy atom. The summed E-state index contributed by atoms with van der Waals surface area (Å²) >= 11 is 0. The minimum Gasteiger partial charge on any atom is -0.507 e. The van der Waals surface area contributed by atoms with Crippen molar-refractivity contribution in [1.29, 1.82) is 0 Å². The first-order chi connectivity index (χ1) is 17.4. The van der Waals surface area contributed by atoms with Gasteiger partial charge in [0.05, 0.1) is 18.1 Å². The van der Waals surface area contributed by atoms with Crippen molar-refractivity contribution in [2.75, 3.05) is 4.90 Å². The van der Waals surface area contributed by atoms with Crippen LogP contribution in [-0.4, -0.2) is 16.1 Å². The van der Waals surface area contributed by atoms with Crippen molar-refractivity contribution < 1.29 is 23.8 Å². The maximum absolute atomic E-state index is 13.5. The number of benzene rings is 4. The van der Waals surface area contributed by atoms with E-state index in [1.165, 1.54) is 24.3 Å². The molecule has 6 heteroatoms. The fourth-order valence-electron chi connectivity index (χ4n) is 4.87. The van der Waals surface area contributed by atoms with Crippen LogP contribution < -0.4 is 4.90 Å². The number of amides is 1. The lowest BCUT2D eigenvalue weighted by Crippen LogP contribution is -2.55. The zero-order chi connectivity index (χ0) is 25.2. The van der Waals surface area contributed by atoms with E-state index in [1.807, 2.05) is 36.4 Å². The van der Waals surface area contributed by atoms with Crippen LogP contribution in [0.4, 0.5) is 14.5 Å². The minimum atomic E-state index is -0.817. The molecule has 0 saturated carbocycles. The van der Waals surface area contributed by atoms with E-state index >= 15 is 0 Å². The molecule has 1 aliphatic heterocycles. The molecule has 1 saturated heterocycles. The number of nitrogens with zero attached hydrogens (tertiary/aromatic N) is 1. The summed E-state index contributed by atoms with van der Waals surface area (Å²) in [4.78, 5) is 14.9. The molecule has 3 atom stereocenters. The van der Waals surface area contributed by atoms with E-state index in [9.17, 15) is 23.8 Å². The second-order valence-corrected chi connectivity index (χ2v) is 9.02. The Morgan fingerprint density at radius 1 is 0.806 bits per heavy atom. The number of hydrogen-bond donors (Lipinski definition) is 2. The highest BCUT2D eigenvalue weighted by molar-refractivity contribution is 6.03. The van der Waals surface area contributed by atoms with E-state index < -0.39 is 6.10 Å². The number of phenolic OH excluding ortho intramolecular Hbond substituents is 1. The third-order valence-electron chi connectivity index (χ3n) is 6.79. The van der Waals surface area contributed by atoms with Crippen molar-refractivity contribution in [1.82, 2.24) is 0 Å². The van der Waals surface area contributed by atoms with Gasteiger partial charge in [0, 0.05) is 11.3 Å². The fraction of sp³-hybridized carbons (Fsp3) is 0.167. The van der Waals surface area contributed by atoms with Crippen molar-refractivity contribution in [2.24, 2.45) is 5.92 Å². The number of hydrogen-bond acceptors (Lipinski definition) is 3. The van der Waals surface area contributed by atoms with E-state index in [-0.39, 0.29) is 35.3 Å². The molecular formula is C30H25F2NO3. The lowest BCUT2D eigenvalue weighted by Gasteiger charge is -2.48. The molecule has 0 radical (unpaired) electrons. The summed E-state index contributed by atoms with van der Waals surface area (Å²) in [7, 11) is 0. The molecule has 1 aliphatic rings. The van der Waals surface area contributed by atoms with Crippen LogP contribution in [0.5, 0.6) is 5.75 Å². The first-order valence-corrected chi connectivity index (χ1v) is 11.8. The highest BCUT2D eigenvalue weighted by atomic mass is 19.1. The number of para-hydroxylation sites is 1. The van der Waals surface area contributed by atoms with Gasteiger partial charge in [-0.05, 0) is 72.0 Å². The number of halogens is 2. The molecule has 0 bridgehead atoms. The summed E-state index contributed by atoms with van der Waals surface area (Å²) < 4.78 is 26.8. The number of aromatic hydroxyl groups is 1. The van der Waals surface area contributed by atoms with E-state index in [2.05, 4.69) is 0 Å². The molecular weight excluding hydrogens is 460 g/mol. The van der Waals surface area contributed by atoms with Crippen molar-refractivity contribution in [3.05, 3.63) is 120 Å². The molecule has 1 unspecified atom stereocenters. The van der Waals surface area contributed by atoms with Crippen LogP contribution >= 0.6 is 0 Å². The zero-order valence-corrected chi connectivity index (χ0v) is 19.4. The largest absolute Gasteiger partial charge is 0.507 e. The second-order valence-electron chi connectivity index (χ2n) is 9.02. The zero-order valence-electron chi connectivity index (χ0n) is 19.4. The number of anilines is 1. The molecule has 1 heterocycles. The van der Waals surface area contributed by atoms with Gasteiger partial charge in [-0.25, -0.2) is 8.78 Å². The monoisotopic (exact) mass is 485 g/mol. The van der Waals surface area contributed by atoms with Crippen LogP contribution in [-0.2, 0) is 4.79 Å². The van der Waals surface area contributed by atoms with Gasteiger partial charge in [-0.1, -0.05) is 54.6 Å². The predicted molar refractivity (Wildman–Crippen MR) is 134 cm³/mol. The number of carbonyl (C=O) groups excluding carboxylic acids is 1. The van der Waals surface area contributed by atoms with Crippen molar-refractivity contribution in [3.63, 3.8) is 0 Å². The van der Waals surface area contributed by atoms with E-state index in [0.29, 0.717) is 29.7 Å². The van der Waals surface area contributed by atoms with Crippen LogP contribution in [0.25, 0.3) is 11.1 Å². The van der Waals surface area contributed by atoms with E-state index in [0.717, 1.165) is 11.1 Å². The standard InChI is InChI=1S/C30H25F2NO3/c31-22-11-9-20(10-12-22)27(34)18-17-26-29(33(30(26)36)24-15-13-23(32)14-16-24)21-7-5-19(6-8-21)25-3-1-2-4-28(25)35/h1-16,26-27,29,34-35H,17-18H2/t26-,27-,29?/m0/s1. The average molecular weight is 486 g/mol. The number of β-lactam (4-membered cyclic amide) rings is 1. The SMILES string of the molecule is O=C1[C@@H](CC[C@H](O)c2ccc(F)cc2)C(c2ccc(-c3ccccc3O)cc2)N1c1ccc(F)cc1. The molecule has 4 aromatic rings. The number of aliphatic hydroxyl groups excluding tert-OH is 1. The highest BCUT2D eigenvalue weighted by Gasteiger charge is 2.48. The fourth-order valence-corrected chi connectivity index (χ4v) is 4.87. The number of aliphatic hydroxyl groups is 1. The lowest BCUT2D eigenvalue weighted by molar-refractivity contribution is -0.131. The third-order valence-corrected chi connectivity index (χ3v) is 6.79. The first-order valence-electron chi connectivity index (χ1n) is 11.8. The molecule has 0 spiro atoms. The Hall–Kier alpha value is -4.03. The number of rotatable bonds is 7. The summed E-state index contributed by atoms with van der Waals surface area (Å²) in [5, 5.41) is 20.8. The first kappa shape index (κ1) is 23.7. The van der Waals surface area contributed by atoms with Gasteiger partial charge in [0.25, 0.3) is 0 Å². The Labute approximate surface area is 208 Å². The molecule has 5 rings (SSSR count). The molecule has 36 heavy (non-hydrogen) atoms. The molecule has 0 aromatic heterocycles. The normalized spacial score (nSPS) is 18.1. The van der Waals surface area contributed by atoms with Gasteiger partial charge in [-0.15, -0.1) is 0 Å². The topological polar surface area (TPSA) is 60.8 Å². The Kier molecular flexibility index (Phi) is 6.53. The molecule has 1 fully saturated rings. The van der Waals surface area contributed by atoms with Gasteiger partial charge in [0.15, 0.2) is 0 Å². The van der Waals surface area contributed by atoms with Gasteiger partial charge in [0.1, 0.15) is 17.4 Å². The predicted octanol–water partition coefficient (Wildman–Crippen LogP) is 6.56. The van der Waals surface area contributed by atoms with Crippen LogP contribution in [0.2, 0.25) is 0 Å². The molecule has 182 valence electrons. The summed E-state index contributed by atoms with van der Waals surface area (Å²) in [5.41, 5.74) is 3.66. The molecule has 4 nitrogen and oxygen atoms in total. The maximum atomic E-state index is 13.5. The third kappa shape index (κ3) is 4.60. The summed E-state index contributed by atoms with van der Waals surface area (Å²) in [6, 6.07) is 26.0. The number of carbonyl (C=O) groups is 1. The smallest absolute Gasteiger partial charge is 0.233 e. The van der Waals surface area contributed by atoms with Crippen LogP contribution in [0.3, 0.4) is 0 Å². The van der Waals surface area contributed by atoms with Gasteiger partial charge in [-0.2, -0.15) is 0 Å². The van der Waals surface area contributed by atoms with Crippen molar-refractivity contribution >= 4 is 11.6 Å². The summed E-state index contributed by atoms with van der Waals surface area (Å²) in [5.74, 6) is -1.04.